The Balaban J connectivity index is 0.00000352. The van der Waals surface area contributed by atoms with E-state index in [1.54, 1.807) is 36.4 Å². The van der Waals surface area contributed by atoms with Crippen molar-refractivity contribution in [1.29, 1.82) is 5.41 Å². The van der Waals surface area contributed by atoms with Crippen LogP contribution in [0.2, 0.25) is 0 Å². The van der Waals surface area contributed by atoms with Crippen LogP contribution >= 0.6 is 0 Å². The molecule has 0 bridgehead atoms. The van der Waals surface area contributed by atoms with Gasteiger partial charge in [0, 0.05) is 24.6 Å². The van der Waals surface area contributed by atoms with E-state index in [1.807, 2.05) is 13.0 Å². The Morgan fingerprint density at radius 2 is 2.04 bits per heavy atom. The molecule has 0 aliphatic heterocycles. The molecule has 1 rings (SSSR count). The van der Waals surface area contributed by atoms with Crippen molar-refractivity contribution < 1.29 is 14.7 Å². The molecular formula is C19H26N6O3. The van der Waals surface area contributed by atoms with Gasteiger partial charge in [-0.25, -0.2) is 4.99 Å². The summed E-state index contributed by atoms with van der Waals surface area (Å²) in [6.07, 6.45) is 9.29. The summed E-state index contributed by atoms with van der Waals surface area (Å²) in [6.45, 7) is 1.85. The second kappa shape index (κ2) is 13.6. The molecule has 0 aliphatic rings. The van der Waals surface area contributed by atoms with Crippen LogP contribution in [-0.2, 0) is 9.59 Å². The van der Waals surface area contributed by atoms with Crippen LogP contribution in [0, 0.1) is 5.41 Å². The lowest BCUT2D eigenvalue weighted by Gasteiger charge is -2.17. The number of nitrogens with one attached hydrogen (secondary N) is 2. The molecule has 28 heavy (non-hydrogen) atoms. The van der Waals surface area contributed by atoms with Gasteiger partial charge in [0.1, 0.15) is 12.2 Å². The molecule has 1 aromatic carbocycles. The van der Waals surface area contributed by atoms with Crippen molar-refractivity contribution in [2.45, 2.75) is 13.0 Å². The highest BCUT2D eigenvalue weighted by atomic mass is 16.2. The number of aliphatic hydroxyl groups is 1. The number of rotatable bonds is 8. The summed E-state index contributed by atoms with van der Waals surface area (Å²) in [5, 5.41) is 16.3. The van der Waals surface area contributed by atoms with E-state index in [9.17, 15) is 9.59 Å². The normalized spacial score (nSPS) is 13.0. The number of nitrogens with zero attached hydrogens (tertiary/aromatic N) is 1. The van der Waals surface area contributed by atoms with E-state index in [2.05, 4.69) is 10.3 Å². The Bertz CT molecular complexity index is 797. The van der Waals surface area contributed by atoms with Gasteiger partial charge in [-0.05, 0) is 42.3 Å². The molecule has 1 amide bonds. The van der Waals surface area contributed by atoms with Gasteiger partial charge in [-0.15, -0.1) is 0 Å². The van der Waals surface area contributed by atoms with Crippen molar-refractivity contribution in [2.75, 3.05) is 12.8 Å². The number of carbonyl (C=O) groups is 2. The standard InChI is InChI=1S/C18H22N6O2.CH4O/c1-2-3-4-12(7-8-23-16(26)10-25)17(21)14-9-13(5-6-15(14)20)18(22)24-11-19;1-2/h2-11,17H,20-21H2,1H3,(H,23,26)(H3,19,22,24);2H,1H3/b3-2-,8-7+,12-4+;. The molecule has 150 valence electrons. The van der Waals surface area contributed by atoms with Gasteiger partial charge in [-0.2, -0.15) is 0 Å². The number of amides is 1. The number of allylic oxidation sites excluding steroid dienone is 3. The van der Waals surface area contributed by atoms with E-state index in [-0.39, 0.29) is 12.1 Å². The third-order valence-electron chi connectivity index (χ3n) is 3.37. The Kier molecular flexibility index (Phi) is 11.9. The highest BCUT2D eigenvalue weighted by molar-refractivity contribution is 6.23. The SMILES string of the molecule is CO.C\C=C/C=C(\C=C\NC(=O)C=O)C(N)c1cc(C(N)=NC=N)ccc1N. The highest BCUT2D eigenvalue weighted by Crippen LogP contribution is 2.26. The number of hydrogen-bond donors (Lipinski definition) is 6. The lowest BCUT2D eigenvalue weighted by Crippen LogP contribution is -2.20. The highest BCUT2D eigenvalue weighted by Gasteiger charge is 2.14. The average molecular weight is 386 g/mol. The number of anilines is 1. The number of carbonyl (C=O) groups excluding carboxylic acids is 2. The maximum absolute atomic E-state index is 11.0. The molecule has 0 heterocycles. The molecular weight excluding hydrogens is 360 g/mol. The molecule has 0 spiro atoms. The van der Waals surface area contributed by atoms with Crippen molar-refractivity contribution in [3.8, 4) is 0 Å². The first-order valence-electron chi connectivity index (χ1n) is 8.12. The number of aliphatic imine (C=N–C) groups is 1. The zero-order valence-electron chi connectivity index (χ0n) is 15.8. The zero-order chi connectivity index (χ0) is 21.5. The van der Waals surface area contributed by atoms with Crippen LogP contribution in [0.4, 0.5) is 5.69 Å². The summed E-state index contributed by atoms with van der Waals surface area (Å²) >= 11 is 0. The third kappa shape index (κ3) is 7.77. The lowest BCUT2D eigenvalue weighted by atomic mass is 9.95. The molecule has 9 heteroatoms. The first-order chi connectivity index (χ1) is 13.4. The maximum Gasteiger partial charge on any atom is 0.288 e. The van der Waals surface area contributed by atoms with Gasteiger partial charge in [0.15, 0.2) is 0 Å². The predicted octanol–water partition coefficient (Wildman–Crippen LogP) is 0.521. The fraction of sp³-hybridized carbons (Fsp3) is 0.158. The van der Waals surface area contributed by atoms with Crippen LogP contribution in [0.1, 0.15) is 24.1 Å². The minimum atomic E-state index is -0.766. The molecule has 0 radical (unpaired) electrons. The van der Waals surface area contributed by atoms with Crippen molar-refractivity contribution in [3.63, 3.8) is 0 Å². The maximum atomic E-state index is 11.0. The molecule has 0 saturated carbocycles. The van der Waals surface area contributed by atoms with E-state index in [0.29, 0.717) is 22.4 Å². The van der Waals surface area contributed by atoms with Gasteiger partial charge in [0.2, 0.25) is 6.29 Å². The van der Waals surface area contributed by atoms with E-state index >= 15 is 0 Å². The van der Waals surface area contributed by atoms with Crippen molar-refractivity contribution in [1.82, 2.24) is 5.32 Å². The Morgan fingerprint density at radius 3 is 2.61 bits per heavy atom. The number of aldehydes is 1. The van der Waals surface area contributed by atoms with E-state index in [4.69, 9.17) is 27.7 Å². The van der Waals surface area contributed by atoms with Gasteiger partial charge in [-0.1, -0.05) is 18.2 Å². The zero-order valence-corrected chi connectivity index (χ0v) is 15.8. The number of nitrogens with two attached hydrogens (primary N) is 3. The fourth-order valence-corrected chi connectivity index (χ4v) is 2.05. The molecule has 9 nitrogen and oxygen atoms in total. The van der Waals surface area contributed by atoms with Gasteiger partial charge < -0.3 is 27.6 Å². The van der Waals surface area contributed by atoms with Gasteiger partial charge in [-0.3, -0.25) is 15.0 Å². The van der Waals surface area contributed by atoms with Gasteiger partial charge in [0.05, 0.1) is 6.04 Å². The summed E-state index contributed by atoms with van der Waals surface area (Å²) in [5.41, 5.74) is 20.5. The molecule has 1 aromatic rings. The lowest BCUT2D eigenvalue weighted by molar-refractivity contribution is -0.130. The number of amidine groups is 1. The van der Waals surface area contributed by atoms with E-state index < -0.39 is 11.9 Å². The number of aliphatic hydroxyl groups excluding tert-OH is 1. The van der Waals surface area contributed by atoms with Gasteiger partial charge in [0.25, 0.3) is 5.91 Å². The fourth-order valence-electron chi connectivity index (χ4n) is 2.05. The monoisotopic (exact) mass is 386 g/mol. The minimum Gasteiger partial charge on any atom is -0.400 e. The Morgan fingerprint density at radius 1 is 1.36 bits per heavy atom. The molecule has 0 aromatic heterocycles. The summed E-state index contributed by atoms with van der Waals surface area (Å²) < 4.78 is 0. The van der Waals surface area contributed by atoms with E-state index in [0.717, 1.165) is 13.4 Å². The van der Waals surface area contributed by atoms with Crippen LogP contribution in [0.3, 0.4) is 0 Å². The van der Waals surface area contributed by atoms with Crippen molar-refractivity contribution in [3.05, 3.63) is 65.4 Å². The van der Waals surface area contributed by atoms with Crippen LogP contribution in [0.5, 0.6) is 0 Å². The predicted molar refractivity (Wildman–Crippen MR) is 112 cm³/mol. The second-order valence-corrected chi connectivity index (χ2v) is 5.12. The smallest absolute Gasteiger partial charge is 0.288 e. The molecule has 9 N–H and O–H groups in total. The van der Waals surface area contributed by atoms with Crippen LogP contribution in [0.15, 0.2) is 59.3 Å². The Labute approximate surface area is 163 Å². The quantitative estimate of drug-likeness (QED) is 0.0945. The number of hydrogen-bond acceptors (Lipinski definition) is 6. The van der Waals surface area contributed by atoms with Crippen LogP contribution in [0.25, 0.3) is 0 Å². The molecule has 1 unspecified atom stereocenters. The average Bonchev–Trinajstić information content (AvgIpc) is 2.71. The summed E-state index contributed by atoms with van der Waals surface area (Å²) in [6, 6.07) is 4.41. The first-order valence-corrected chi connectivity index (χ1v) is 8.12. The summed E-state index contributed by atoms with van der Waals surface area (Å²) in [4.78, 5) is 25.1. The van der Waals surface area contributed by atoms with Gasteiger partial charge >= 0.3 is 0 Å². The summed E-state index contributed by atoms with van der Waals surface area (Å²) in [7, 11) is 1.00. The third-order valence-corrected chi connectivity index (χ3v) is 3.37. The number of benzene rings is 1. The first kappa shape index (κ1) is 24.4. The minimum absolute atomic E-state index is 0.168. The Hall–Kier alpha value is -3.56. The van der Waals surface area contributed by atoms with Crippen LogP contribution < -0.4 is 22.5 Å². The van der Waals surface area contributed by atoms with Crippen molar-refractivity contribution in [2.24, 2.45) is 16.5 Å². The molecule has 0 fully saturated rings. The number of nitrogen functional groups attached to an aromatic ring is 1. The van der Waals surface area contributed by atoms with Crippen LogP contribution in [-0.4, -0.2) is 36.6 Å². The summed E-state index contributed by atoms with van der Waals surface area (Å²) in [5.74, 6) is -0.599. The molecule has 0 aliphatic carbocycles. The molecule has 1 atom stereocenters. The molecule has 0 saturated heterocycles. The largest absolute Gasteiger partial charge is 0.400 e. The van der Waals surface area contributed by atoms with E-state index in [1.165, 1.54) is 6.20 Å². The van der Waals surface area contributed by atoms with Crippen molar-refractivity contribution >= 4 is 30.1 Å². The topological polar surface area (TPSA) is 181 Å². The second-order valence-electron chi connectivity index (χ2n) is 5.12.